The maximum absolute atomic E-state index is 13.1. The fourth-order valence-corrected chi connectivity index (χ4v) is 2.51. The largest absolute Gasteiger partial charge is 0.399 e. The lowest BCUT2D eigenvalue weighted by molar-refractivity contribution is 0.300. The number of halogens is 1. The summed E-state index contributed by atoms with van der Waals surface area (Å²) in [5, 5.41) is 3.29. The molecule has 0 aromatic heterocycles. The zero-order chi connectivity index (χ0) is 12.3. The highest BCUT2D eigenvalue weighted by Crippen LogP contribution is 2.28. The lowest BCUT2D eigenvalue weighted by atomic mass is 9.83. The van der Waals surface area contributed by atoms with Crippen molar-refractivity contribution in [2.45, 2.75) is 32.6 Å². The number of anilines is 2. The molecule has 94 valence electrons. The number of nitrogens with two attached hydrogens (primary N) is 1. The molecule has 1 fully saturated rings. The van der Waals surface area contributed by atoms with E-state index in [4.69, 9.17) is 5.73 Å². The first-order valence-corrected chi connectivity index (χ1v) is 6.43. The minimum Gasteiger partial charge on any atom is -0.399 e. The van der Waals surface area contributed by atoms with E-state index in [1.807, 2.05) is 0 Å². The van der Waals surface area contributed by atoms with Crippen LogP contribution in [0.4, 0.5) is 15.8 Å². The summed E-state index contributed by atoms with van der Waals surface area (Å²) < 4.78 is 13.1. The van der Waals surface area contributed by atoms with Crippen molar-refractivity contribution in [3.8, 4) is 0 Å². The molecule has 0 saturated heterocycles. The molecule has 3 N–H and O–H groups in total. The van der Waals surface area contributed by atoms with Crippen molar-refractivity contribution >= 4 is 11.4 Å². The Hall–Kier alpha value is -1.25. The van der Waals surface area contributed by atoms with Gasteiger partial charge in [-0.15, -0.1) is 0 Å². The Bertz CT molecular complexity index is 350. The molecule has 17 heavy (non-hydrogen) atoms. The molecule has 1 aliphatic rings. The lowest BCUT2D eigenvalue weighted by Crippen LogP contribution is -2.20. The van der Waals surface area contributed by atoms with E-state index in [9.17, 15) is 4.39 Å². The Balaban J connectivity index is 1.85. The quantitative estimate of drug-likeness (QED) is 0.786. The lowest BCUT2D eigenvalue weighted by Gasteiger charge is -2.26. The van der Waals surface area contributed by atoms with Gasteiger partial charge in [-0.25, -0.2) is 4.39 Å². The SMILES string of the molecule is CC1CCC(CNc2cc(N)cc(F)c2)CC1. The molecular formula is C14H21FN2. The van der Waals surface area contributed by atoms with Gasteiger partial charge in [-0.05, 0) is 42.9 Å². The van der Waals surface area contributed by atoms with Gasteiger partial charge >= 0.3 is 0 Å². The molecule has 2 rings (SSSR count). The van der Waals surface area contributed by atoms with Gasteiger partial charge in [0.15, 0.2) is 0 Å². The molecule has 0 amide bonds. The number of hydrogen-bond donors (Lipinski definition) is 2. The van der Waals surface area contributed by atoms with Gasteiger partial charge in [0.2, 0.25) is 0 Å². The predicted octanol–water partition coefficient (Wildman–Crippen LogP) is 3.65. The number of nitrogen functional groups attached to an aromatic ring is 1. The molecule has 0 aliphatic heterocycles. The Morgan fingerprint density at radius 2 is 1.94 bits per heavy atom. The Morgan fingerprint density at radius 1 is 1.24 bits per heavy atom. The Labute approximate surface area is 102 Å². The highest BCUT2D eigenvalue weighted by Gasteiger charge is 2.17. The van der Waals surface area contributed by atoms with Crippen LogP contribution in [0.3, 0.4) is 0 Å². The zero-order valence-corrected chi connectivity index (χ0v) is 10.4. The van der Waals surface area contributed by atoms with Gasteiger partial charge in [-0.2, -0.15) is 0 Å². The Kier molecular flexibility index (Phi) is 3.87. The monoisotopic (exact) mass is 236 g/mol. The van der Waals surface area contributed by atoms with Crippen LogP contribution < -0.4 is 11.1 Å². The van der Waals surface area contributed by atoms with Crippen LogP contribution in [-0.4, -0.2) is 6.54 Å². The maximum atomic E-state index is 13.1. The molecule has 1 saturated carbocycles. The standard InChI is InChI=1S/C14H21FN2/c1-10-2-4-11(5-3-10)9-17-14-7-12(15)6-13(16)8-14/h6-8,10-11,17H,2-5,9,16H2,1H3. The van der Waals surface area contributed by atoms with Crippen LogP contribution in [0.1, 0.15) is 32.6 Å². The fourth-order valence-electron chi connectivity index (χ4n) is 2.51. The molecule has 1 aromatic rings. The van der Waals surface area contributed by atoms with Gasteiger partial charge in [0.05, 0.1) is 0 Å². The topological polar surface area (TPSA) is 38.0 Å². The summed E-state index contributed by atoms with van der Waals surface area (Å²) in [6.07, 6.45) is 5.19. The van der Waals surface area contributed by atoms with E-state index in [0.717, 1.165) is 24.1 Å². The van der Waals surface area contributed by atoms with Crippen LogP contribution in [-0.2, 0) is 0 Å². The molecule has 0 unspecified atom stereocenters. The summed E-state index contributed by atoms with van der Waals surface area (Å²) in [7, 11) is 0. The van der Waals surface area contributed by atoms with Crippen molar-refractivity contribution in [1.29, 1.82) is 0 Å². The minimum absolute atomic E-state index is 0.273. The van der Waals surface area contributed by atoms with E-state index in [-0.39, 0.29) is 5.82 Å². The highest BCUT2D eigenvalue weighted by molar-refractivity contribution is 5.54. The van der Waals surface area contributed by atoms with Crippen LogP contribution in [0, 0.1) is 17.7 Å². The normalized spacial score (nSPS) is 24.6. The zero-order valence-electron chi connectivity index (χ0n) is 10.4. The second-order valence-corrected chi connectivity index (χ2v) is 5.28. The van der Waals surface area contributed by atoms with E-state index in [1.54, 1.807) is 6.07 Å². The molecule has 1 aromatic carbocycles. The molecule has 2 nitrogen and oxygen atoms in total. The summed E-state index contributed by atoms with van der Waals surface area (Å²) in [6.45, 7) is 3.24. The number of rotatable bonds is 3. The van der Waals surface area contributed by atoms with Gasteiger partial charge in [0.1, 0.15) is 5.82 Å². The van der Waals surface area contributed by atoms with Gasteiger partial charge in [-0.1, -0.05) is 19.8 Å². The van der Waals surface area contributed by atoms with Crippen molar-refractivity contribution in [2.75, 3.05) is 17.6 Å². The van der Waals surface area contributed by atoms with Crippen molar-refractivity contribution in [3.05, 3.63) is 24.0 Å². The summed E-state index contributed by atoms with van der Waals surface area (Å²) in [5.74, 6) is 1.32. The predicted molar refractivity (Wildman–Crippen MR) is 70.4 cm³/mol. The molecule has 1 aliphatic carbocycles. The molecule has 0 spiro atoms. The van der Waals surface area contributed by atoms with E-state index < -0.39 is 0 Å². The van der Waals surface area contributed by atoms with Gasteiger partial charge in [-0.3, -0.25) is 0 Å². The molecule has 0 bridgehead atoms. The summed E-state index contributed by atoms with van der Waals surface area (Å²) in [5.41, 5.74) is 6.88. The third-order valence-corrected chi connectivity index (χ3v) is 3.65. The molecule has 0 radical (unpaired) electrons. The number of hydrogen-bond acceptors (Lipinski definition) is 2. The van der Waals surface area contributed by atoms with Gasteiger partial charge in [0.25, 0.3) is 0 Å². The fraction of sp³-hybridized carbons (Fsp3) is 0.571. The minimum atomic E-state index is -0.273. The first-order chi connectivity index (χ1) is 8.13. The average molecular weight is 236 g/mol. The highest BCUT2D eigenvalue weighted by atomic mass is 19.1. The number of benzene rings is 1. The van der Waals surface area contributed by atoms with Crippen molar-refractivity contribution in [1.82, 2.24) is 0 Å². The number of nitrogens with one attached hydrogen (secondary N) is 1. The van der Waals surface area contributed by atoms with Crippen LogP contribution in [0.15, 0.2) is 18.2 Å². The van der Waals surface area contributed by atoms with E-state index in [1.165, 1.54) is 37.8 Å². The molecule has 0 atom stereocenters. The smallest absolute Gasteiger partial charge is 0.127 e. The van der Waals surface area contributed by atoms with Crippen LogP contribution >= 0.6 is 0 Å². The maximum Gasteiger partial charge on any atom is 0.127 e. The van der Waals surface area contributed by atoms with Crippen LogP contribution in [0.25, 0.3) is 0 Å². The summed E-state index contributed by atoms with van der Waals surface area (Å²) in [6, 6.07) is 4.63. The van der Waals surface area contributed by atoms with Gasteiger partial charge < -0.3 is 11.1 Å². The first-order valence-electron chi connectivity index (χ1n) is 6.43. The molecule has 3 heteroatoms. The first kappa shape index (κ1) is 12.2. The van der Waals surface area contributed by atoms with E-state index in [0.29, 0.717) is 5.69 Å². The second-order valence-electron chi connectivity index (χ2n) is 5.28. The van der Waals surface area contributed by atoms with E-state index in [2.05, 4.69) is 12.2 Å². The molecule has 0 heterocycles. The third kappa shape index (κ3) is 3.62. The van der Waals surface area contributed by atoms with Crippen molar-refractivity contribution in [3.63, 3.8) is 0 Å². The van der Waals surface area contributed by atoms with E-state index >= 15 is 0 Å². The van der Waals surface area contributed by atoms with Crippen LogP contribution in [0.2, 0.25) is 0 Å². The molecular weight excluding hydrogens is 215 g/mol. The summed E-state index contributed by atoms with van der Waals surface area (Å²) in [4.78, 5) is 0. The summed E-state index contributed by atoms with van der Waals surface area (Å²) >= 11 is 0. The Morgan fingerprint density at radius 3 is 2.59 bits per heavy atom. The second kappa shape index (κ2) is 5.39. The van der Waals surface area contributed by atoms with Crippen molar-refractivity contribution in [2.24, 2.45) is 11.8 Å². The van der Waals surface area contributed by atoms with Crippen molar-refractivity contribution < 1.29 is 4.39 Å². The van der Waals surface area contributed by atoms with Crippen LogP contribution in [0.5, 0.6) is 0 Å². The third-order valence-electron chi connectivity index (χ3n) is 3.65. The average Bonchev–Trinajstić information content (AvgIpc) is 2.27. The van der Waals surface area contributed by atoms with Gasteiger partial charge in [0, 0.05) is 17.9 Å².